The zero-order valence-electron chi connectivity index (χ0n) is 10.6. The Morgan fingerprint density at radius 3 is 2.68 bits per heavy atom. The smallest absolute Gasteiger partial charge is 0.219 e. The van der Waals surface area contributed by atoms with Gasteiger partial charge < -0.3 is 10.5 Å². The first-order valence-electron chi connectivity index (χ1n) is 5.69. The van der Waals surface area contributed by atoms with Crippen LogP contribution in [0, 0.1) is 6.92 Å². The summed E-state index contributed by atoms with van der Waals surface area (Å²) in [5.74, 6) is 0.792. The number of ketones is 1. The first-order valence-corrected chi connectivity index (χ1v) is 6.48. The lowest BCUT2D eigenvalue weighted by molar-refractivity contribution is 0.101. The summed E-state index contributed by atoms with van der Waals surface area (Å²) in [6.07, 6.45) is 0. The SMILES string of the molecule is CC(=O)c1cc(N)ccc1Oc1ccc(Br)c(C)n1. The van der Waals surface area contributed by atoms with E-state index < -0.39 is 0 Å². The molecule has 0 saturated carbocycles. The molecule has 0 amide bonds. The quantitative estimate of drug-likeness (QED) is 0.691. The van der Waals surface area contributed by atoms with Gasteiger partial charge in [0.05, 0.1) is 11.3 Å². The van der Waals surface area contributed by atoms with Crippen LogP contribution in [-0.4, -0.2) is 10.8 Å². The van der Waals surface area contributed by atoms with E-state index in [1.165, 1.54) is 6.92 Å². The number of anilines is 1. The molecule has 1 heterocycles. The highest BCUT2D eigenvalue weighted by atomic mass is 79.9. The molecule has 98 valence electrons. The van der Waals surface area contributed by atoms with Crippen molar-refractivity contribution in [3.8, 4) is 11.6 Å². The maximum Gasteiger partial charge on any atom is 0.219 e. The van der Waals surface area contributed by atoms with Gasteiger partial charge in [0.1, 0.15) is 5.75 Å². The van der Waals surface area contributed by atoms with Crippen LogP contribution in [0.2, 0.25) is 0 Å². The minimum atomic E-state index is -0.101. The van der Waals surface area contributed by atoms with Crippen LogP contribution in [0.3, 0.4) is 0 Å². The monoisotopic (exact) mass is 320 g/mol. The van der Waals surface area contributed by atoms with Crippen molar-refractivity contribution in [2.24, 2.45) is 0 Å². The number of aryl methyl sites for hydroxylation is 1. The average Bonchev–Trinajstić information content (AvgIpc) is 2.36. The van der Waals surface area contributed by atoms with Crippen molar-refractivity contribution < 1.29 is 9.53 Å². The van der Waals surface area contributed by atoms with Crippen molar-refractivity contribution in [3.05, 3.63) is 46.1 Å². The third-order valence-corrected chi connectivity index (χ3v) is 3.43. The van der Waals surface area contributed by atoms with Gasteiger partial charge in [-0.1, -0.05) is 0 Å². The standard InChI is InChI=1S/C14H13BrN2O2/c1-8-12(15)4-6-14(17-8)19-13-5-3-10(16)7-11(13)9(2)18/h3-7H,16H2,1-2H3. The molecule has 0 aliphatic rings. The van der Waals surface area contributed by atoms with Gasteiger partial charge in [-0.2, -0.15) is 0 Å². The number of carbonyl (C=O) groups excluding carboxylic acids is 1. The molecule has 2 rings (SSSR count). The molecule has 0 aliphatic heterocycles. The van der Waals surface area contributed by atoms with Crippen LogP contribution in [0.15, 0.2) is 34.8 Å². The summed E-state index contributed by atoms with van der Waals surface area (Å²) in [6, 6.07) is 8.54. The Morgan fingerprint density at radius 1 is 1.32 bits per heavy atom. The molecule has 0 saturated heterocycles. The van der Waals surface area contributed by atoms with E-state index in [4.69, 9.17) is 10.5 Å². The zero-order chi connectivity index (χ0) is 14.0. The third-order valence-electron chi connectivity index (χ3n) is 2.59. The number of benzene rings is 1. The molecule has 19 heavy (non-hydrogen) atoms. The maximum atomic E-state index is 11.6. The summed E-state index contributed by atoms with van der Waals surface area (Å²) >= 11 is 3.37. The number of nitrogen functional groups attached to an aromatic ring is 1. The number of rotatable bonds is 3. The predicted molar refractivity (Wildman–Crippen MR) is 77.6 cm³/mol. The number of nitrogens with two attached hydrogens (primary N) is 1. The van der Waals surface area contributed by atoms with Gasteiger partial charge in [0.25, 0.3) is 0 Å². The summed E-state index contributed by atoms with van der Waals surface area (Å²) in [7, 11) is 0. The molecular weight excluding hydrogens is 308 g/mol. The minimum Gasteiger partial charge on any atom is -0.438 e. The average molecular weight is 321 g/mol. The third kappa shape index (κ3) is 3.12. The van der Waals surface area contributed by atoms with Gasteiger partial charge >= 0.3 is 0 Å². The first kappa shape index (κ1) is 13.5. The number of hydrogen-bond donors (Lipinski definition) is 1. The normalized spacial score (nSPS) is 10.3. The molecule has 1 aromatic carbocycles. The number of Topliss-reactive ketones (excluding diaryl/α,β-unsaturated/α-hetero) is 1. The second-order valence-electron chi connectivity index (χ2n) is 4.13. The zero-order valence-corrected chi connectivity index (χ0v) is 12.2. The van der Waals surface area contributed by atoms with Crippen molar-refractivity contribution in [2.45, 2.75) is 13.8 Å². The maximum absolute atomic E-state index is 11.6. The molecule has 4 nitrogen and oxygen atoms in total. The van der Waals surface area contributed by atoms with E-state index in [2.05, 4.69) is 20.9 Å². The molecule has 2 aromatic rings. The Kier molecular flexibility index (Phi) is 3.85. The lowest BCUT2D eigenvalue weighted by Gasteiger charge is -2.10. The Bertz CT molecular complexity index is 641. The number of nitrogens with zero attached hydrogens (tertiary/aromatic N) is 1. The molecule has 0 atom stereocenters. The second-order valence-corrected chi connectivity index (χ2v) is 4.98. The fraction of sp³-hybridized carbons (Fsp3) is 0.143. The van der Waals surface area contributed by atoms with Crippen molar-refractivity contribution in [2.75, 3.05) is 5.73 Å². The lowest BCUT2D eigenvalue weighted by atomic mass is 10.1. The van der Waals surface area contributed by atoms with Crippen LogP contribution >= 0.6 is 15.9 Å². The van der Waals surface area contributed by atoms with Crippen LogP contribution < -0.4 is 10.5 Å². The number of aromatic nitrogens is 1. The van der Waals surface area contributed by atoms with E-state index in [9.17, 15) is 4.79 Å². The van der Waals surface area contributed by atoms with E-state index in [1.807, 2.05) is 13.0 Å². The van der Waals surface area contributed by atoms with Crippen LogP contribution in [0.5, 0.6) is 11.6 Å². The van der Waals surface area contributed by atoms with Crippen LogP contribution in [0.1, 0.15) is 23.0 Å². The first-order chi connectivity index (χ1) is 8.97. The Balaban J connectivity index is 2.37. The summed E-state index contributed by atoms with van der Waals surface area (Å²) < 4.78 is 6.56. The molecule has 0 fully saturated rings. The Hall–Kier alpha value is -1.88. The molecule has 5 heteroatoms. The molecule has 0 aliphatic carbocycles. The fourth-order valence-corrected chi connectivity index (χ4v) is 1.82. The van der Waals surface area contributed by atoms with Gasteiger partial charge in [0, 0.05) is 16.2 Å². The van der Waals surface area contributed by atoms with E-state index in [0.717, 1.165) is 10.2 Å². The topological polar surface area (TPSA) is 65.2 Å². The van der Waals surface area contributed by atoms with Gasteiger partial charge in [-0.05, 0) is 54.0 Å². The largest absolute Gasteiger partial charge is 0.438 e. The molecule has 0 bridgehead atoms. The highest BCUT2D eigenvalue weighted by Crippen LogP contribution is 2.27. The number of halogens is 1. The van der Waals surface area contributed by atoms with Gasteiger partial charge in [-0.15, -0.1) is 0 Å². The minimum absolute atomic E-state index is 0.101. The van der Waals surface area contributed by atoms with E-state index >= 15 is 0 Å². The van der Waals surface area contributed by atoms with Crippen molar-refractivity contribution in [1.82, 2.24) is 4.98 Å². The van der Waals surface area contributed by atoms with E-state index in [1.54, 1.807) is 24.3 Å². The number of carbonyl (C=O) groups is 1. The Labute approximate surface area is 119 Å². The van der Waals surface area contributed by atoms with Gasteiger partial charge in [-0.3, -0.25) is 4.79 Å². The van der Waals surface area contributed by atoms with Gasteiger partial charge in [0.2, 0.25) is 5.88 Å². The highest BCUT2D eigenvalue weighted by Gasteiger charge is 2.11. The van der Waals surface area contributed by atoms with E-state index in [-0.39, 0.29) is 5.78 Å². The fourth-order valence-electron chi connectivity index (χ4n) is 1.60. The van der Waals surface area contributed by atoms with Gasteiger partial charge in [0.15, 0.2) is 5.78 Å². The highest BCUT2D eigenvalue weighted by molar-refractivity contribution is 9.10. The summed E-state index contributed by atoms with van der Waals surface area (Å²) in [5, 5.41) is 0. The molecule has 0 radical (unpaired) electrons. The van der Waals surface area contributed by atoms with Crippen LogP contribution in [-0.2, 0) is 0 Å². The lowest BCUT2D eigenvalue weighted by Crippen LogP contribution is -2.00. The summed E-state index contributed by atoms with van der Waals surface area (Å²) in [4.78, 5) is 15.8. The van der Waals surface area contributed by atoms with Crippen LogP contribution in [0.25, 0.3) is 0 Å². The predicted octanol–water partition coefficient (Wildman–Crippen LogP) is 3.73. The van der Waals surface area contributed by atoms with E-state index in [0.29, 0.717) is 22.9 Å². The van der Waals surface area contributed by atoms with Crippen molar-refractivity contribution in [1.29, 1.82) is 0 Å². The summed E-state index contributed by atoms with van der Waals surface area (Å²) in [6.45, 7) is 3.34. The number of pyridine rings is 1. The molecule has 0 spiro atoms. The van der Waals surface area contributed by atoms with Crippen molar-refractivity contribution in [3.63, 3.8) is 0 Å². The van der Waals surface area contributed by atoms with Gasteiger partial charge in [-0.25, -0.2) is 4.98 Å². The summed E-state index contributed by atoms with van der Waals surface area (Å²) in [5.41, 5.74) is 7.46. The number of hydrogen-bond acceptors (Lipinski definition) is 4. The second kappa shape index (κ2) is 5.40. The molecule has 0 unspecified atom stereocenters. The molecule has 1 aromatic heterocycles. The molecule has 2 N–H and O–H groups in total. The molecular formula is C14H13BrN2O2. The Morgan fingerprint density at radius 2 is 2.05 bits per heavy atom. The van der Waals surface area contributed by atoms with Crippen LogP contribution in [0.4, 0.5) is 5.69 Å². The van der Waals surface area contributed by atoms with Crippen molar-refractivity contribution >= 4 is 27.4 Å². The number of ether oxygens (including phenoxy) is 1.